The lowest BCUT2D eigenvalue weighted by molar-refractivity contribution is -0.130. The van der Waals surface area contributed by atoms with Crippen molar-refractivity contribution < 1.29 is 29.0 Å². The van der Waals surface area contributed by atoms with Crippen LogP contribution in [-0.4, -0.2) is 55.9 Å². The molecule has 0 spiro atoms. The number of amides is 2. The van der Waals surface area contributed by atoms with Gasteiger partial charge in [-0.2, -0.15) is 0 Å². The van der Waals surface area contributed by atoms with E-state index in [-0.39, 0.29) is 25.2 Å². The minimum atomic E-state index is -1.04. The zero-order valence-electron chi connectivity index (χ0n) is 12.8. The number of nitrogens with two attached hydrogens (primary N) is 1. The van der Waals surface area contributed by atoms with Crippen molar-refractivity contribution in [3.63, 3.8) is 0 Å². The summed E-state index contributed by atoms with van der Waals surface area (Å²) in [5, 5.41) is 11.3. The van der Waals surface area contributed by atoms with Crippen LogP contribution < -0.4 is 11.1 Å². The first-order valence-corrected chi connectivity index (χ1v) is 6.91. The van der Waals surface area contributed by atoms with Crippen LogP contribution in [0.3, 0.4) is 0 Å². The van der Waals surface area contributed by atoms with E-state index in [1.54, 1.807) is 12.1 Å². The molecule has 8 heteroatoms. The lowest BCUT2D eigenvalue weighted by Gasteiger charge is -2.15. The maximum atomic E-state index is 11.7. The van der Waals surface area contributed by atoms with Crippen molar-refractivity contribution in [2.75, 3.05) is 26.9 Å². The molecule has 8 nitrogen and oxygen atoms in total. The predicted octanol–water partition coefficient (Wildman–Crippen LogP) is -0.440. The molecule has 0 saturated carbocycles. The molecule has 0 fully saturated rings. The third kappa shape index (κ3) is 6.90. The van der Waals surface area contributed by atoms with E-state index in [9.17, 15) is 14.4 Å². The molecule has 0 bridgehead atoms. The normalized spacial score (nSPS) is 11.7. The second kappa shape index (κ2) is 9.54. The van der Waals surface area contributed by atoms with E-state index in [0.717, 1.165) is 0 Å². The highest BCUT2D eigenvalue weighted by Crippen LogP contribution is 2.07. The SMILES string of the molecule is COCCOCC(=O)N[C@H](Cc1ccc(C(=O)O)cc1)C(N)=O. The molecule has 4 N–H and O–H groups in total. The van der Waals surface area contributed by atoms with Gasteiger partial charge in [-0.15, -0.1) is 0 Å². The topological polar surface area (TPSA) is 128 Å². The molecule has 23 heavy (non-hydrogen) atoms. The molecule has 0 radical (unpaired) electrons. The molecular formula is C15H20N2O6. The zero-order chi connectivity index (χ0) is 17.2. The first-order chi connectivity index (χ1) is 10.9. The van der Waals surface area contributed by atoms with Gasteiger partial charge in [-0.1, -0.05) is 12.1 Å². The number of nitrogens with one attached hydrogen (secondary N) is 1. The lowest BCUT2D eigenvalue weighted by atomic mass is 10.0. The first kappa shape index (κ1) is 18.6. The Kier molecular flexibility index (Phi) is 7.72. The molecule has 1 aromatic carbocycles. The summed E-state index contributed by atoms with van der Waals surface area (Å²) in [5.74, 6) is -2.19. The molecule has 0 heterocycles. The summed E-state index contributed by atoms with van der Waals surface area (Å²) in [6.07, 6.45) is 0.166. The van der Waals surface area contributed by atoms with Crippen molar-refractivity contribution in [3.05, 3.63) is 35.4 Å². The molecule has 126 valence electrons. The predicted molar refractivity (Wildman–Crippen MR) is 80.9 cm³/mol. The summed E-state index contributed by atoms with van der Waals surface area (Å²) in [7, 11) is 1.52. The van der Waals surface area contributed by atoms with Gasteiger partial charge in [-0.05, 0) is 17.7 Å². The number of hydrogen-bond donors (Lipinski definition) is 3. The van der Waals surface area contributed by atoms with Gasteiger partial charge >= 0.3 is 5.97 Å². The number of carbonyl (C=O) groups excluding carboxylic acids is 2. The van der Waals surface area contributed by atoms with Crippen molar-refractivity contribution >= 4 is 17.8 Å². The average Bonchev–Trinajstić information content (AvgIpc) is 2.51. The summed E-state index contributed by atoms with van der Waals surface area (Å²) in [4.78, 5) is 33.9. The van der Waals surface area contributed by atoms with Gasteiger partial charge in [0.1, 0.15) is 12.6 Å². The highest BCUT2D eigenvalue weighted by molar-refractivity contribution is 5.88. The summed E-state index contributed by atoms with van der Waals surface area (Å²) < 4.78 is 9.83. The Morgan fingerprint density at radius 1 is 1.22 bits per heavy atom. The van der Waals surface area contributed by atoms with E-state index in [1.807, 2.05) is 0 Å². The number of rotatable bonds is 10. The van der Waals surface area contributed by atoms with Crippen LogP contribution in [0.2, 0.25) is 0 Å². The molecule has 0 unspecified atom stereocenters. The van der Waals surface area contributed by atoms with Crippen LogP contribution in [0.1, 0.15) is 15.9 Å². The fourth-order valence-electron chi connectivity index (χ4n) is 1.78. The number of carboxylic acid groups (broad SMARTS) is 1. The maximum absolute atomic E-state index is 11.7. The molecule has 0 aliphatic heterocycles. The Balaban J connectivity index is 2.56. The molecule has 0 aliphatic rings. The van der Waals surface area contributed by atoms with Gasteiger partial charge in [0.25, 0.3) is 0 Å². The Morgan fingerprint density at radius 3 is 2.39 bits per heavy atom. The first-order valence-electron chi connectivity index (χ1n) is 6.91. The van der Waals surface area contributed by atoms with E-state index in [1.165, 1.54) is 19.2 Å². The van der Waals surface area contributed by atoms with Gasteiger partial charge < -0.3 is 25.6 Å². The van der Waals surface area contributed by atoms with Gasteiger partial charge in [-0.25, -0.2) is 4.79 Å². The Labute approximate surface area is 133 Å². The third-order valence-corrected chi connectivity index (χ3v) is 2.98. The van der Waals surface area contributed by atoms with Crippen LogP contribution in [0.25, 0.3) is 0 Å². The van der Waals surface area contributed by atoms with Crippen LogP contribution >= 0.6 is 0 Å². The quantitative estimate of drug-likeness (QED) is 0.501. The largest absolute Gasteiger partial charge is 0.478 e. The summed E-state index contributed by atoms with van der Waals surface area (Å²) >= 11 is 0. The highest BCUT2D eigenvalue weighted by Gasteiger charge is 2.18. The Bertz CT molecular complexity index is 543. The van der Waals surface area contributed by atoms with E-state index in [0.29, 0.717) is 12.2 Å². The van der Waals surface area contributed by atoms with Crippen LogP contribution in [0.15, 0.2) is 24.3 Å². The molecule has 1 rings (SSSR count). The highest BCUT2D eigenvalue weighted by atomic mass is 16.5. The fourth-order valence-corrected chi connectivity index (χ4v) is 1.78. The van der Waals surface area contributed by atoms with Crippen molar-refractivity contribution in [2.24, 2.45) is 5.73 Å². The molecule has 0 saturated heterocycles. The summed E-state index contributed by atoms with van der Waals surface area (Å²) in [6.45, 7) is 0.426. The Morgan fingerprint density at radius 2 is 1.87 bits per heavy atom. The molecule has 0 aliphatic carbocycles. The number of hydrogen-bond acceptors (Lipinski definition) is 5. The Hall–Kier alpha value is -2.45. The van der Waals surface area contributed by atoms with Crippen LogP contribution in [0, 0.1) is 0 Å². The van der Waals surface area contributed by atoms with Gasteiger partial charge in [0.15, 0.2) is 0 Å². The third-order valence-electron chi connectivity index (χ3n) is 2.98. The van der Waals surface area contributed by atoms with Crippen LogP contribution in [0.5, 0.6) is 0 Å². The van der Waals surface area contributed by atoms with Crippen molar-refractivity contribution in [1.29, 1.82) is 0 Å². The van der Waals surface area contributed by atoms with Crippen LogP contribution in [0.4, 0.5) is 0 Å². The van der Waals surface area contributed by atoms with E-state index < -0.39 is 23.8 Å². The summed E-state index contributed by atoms with van der Waals surface area (Å²) in [6, 6.07) is 5.09. The molecular weight excluding hydrogens is 304 g/mol. The molecule has 1 aromatic rings. The van der Waals surface area contributed by atoms with Gasteiger partial charge in [0, 0.05) is 13.5 Å². The summed E-state index contributed by atoms with van der Waals surface area (Å²) in [5.41, 5.74) is 6.10. The molecule has 2 amide bonds. The molecule has 0 aromatic heterocycles. The molecule has 1 atom stereocenters. The van der Waals surface area contributed by atoms with Crippen molar-refractivity contribution in [2.45, 2.75) is 12.5 Å². The average molecular weight is 324 g/mol. The van der Waals surface area contributed by atoms with Crippen molar-refractivity contribution in [1.82, 2.24) is 5.32 Å². The number of benzene rings is 1. The lowest BCUT2D eigenvalue weighted by Crippen LogP contribution is -2.47. The van der Waals surface area contributed by atoms with Gasteiger partial charge in [0.2, 0.25) is 11.8 Å². The maximum Gasteiger partial charge on any atom is 0.335 e. The second-order valence-electron chi connectivity index (χ2n) is 4.77. The minimum Gasteiger partial charge on any atom is -0.478 e. The standard InChI is InChI=1S/C15H20N2O6/c1-22-6-7-23-9-13(18)17-12(14(16)19)8-10-2-4-11(5-3-10)15(20)21/h2-5,12H,6-9H2,1H3,(H2,16,19)(H,17,18)(H,20,21)/t12-/m1/s1. The number of methoxy groups -OCH3 is 1. The second-order valence-corrected chi connectivity index (χ2v) is 4.77. The smallest absolute Gasteiger partial charge is 0.335 e. The van der Waals surface area contributed by atoms with E-state index in [4.69, 9.17) is 20.3 Å². The minimum absolute atomic E-state index is 0.139. The van der Waals surface area contributed by atoms with Gasteiger partial charge in [-0.3, -0.25) is 9.59 Å². The van der Waals surface area contributed by atoms with Crippen LogP contribution in [-0.2, 0) is 25.5 Å². The fraction of sp³-hybridized carbons (Fsp3) is 0.400. The van der Waals surface area contributed by atoms with Gasteiger partial charge in [0.05, 0.1) is 18.8 Å². The van der Waals surface area contributed by atoms with Crippen molar-refractivity contribution in [3.8, 4) is 0 Å². The van der Waals surface area contributed by atoms with E-state index in [2.05, 4.69) is 5.32 Å². The number of carboxylic acids is 1. The number of primary amides is 1. The number of carbonyl (C=O) groups is 3. The zero-order valence-corrected chi connectivity index (χ0v) is 12.8. The monoisotopic (exact) mass is 324 g/mol. The van der Waals surface area contributed by atoms with E-state index >= 15 is 0 Å². The number of aromatic carboxylic acids is 1. The number of ether oxygens (including phenoxy) is 2.